The molecule has 0 aliphatic carbocycles. The molecule has 0 radical (unpaired) electrons. The first-order chi connectivity index (χ1) is 28.3. The summed E-state index contributed by atoms with van der Waals surface area (Å²) < 4.78 is 13.3. The van der Waals surface area contributed by atoms with Crippen molar-refractivity contribution in [2.45, 2.75) is 0 Å². The van der Waals surface area contributed by atoms with Crippen LogP contribution >= 0.6 is 0 Å². The number of hydrogen-bond donors (Lipinski definition) is 0. The molecule has 0 spiro atoms. The minimum Gasteiger partial charge on any atom is -0.456 e. The zero-order valence-corrected chi connectivity index (χ0v) is 30.8. The maximum atomic E-state index is 6.73. The lowest BCUT2D eigenvalue weighted by atomic mass is 9.94. The molecule has 0 atom stereocenters. The lowest BCUT2D eigenvalue weighted by Crippen LogP contribution is -2.11. The molecule has 10 aromatic carbocycles. The van der Waals surface area contributed by atoms with Crippen LogP contribution in [0.25, 0.3) is 98.4 Å². The van der Waals surface area contributed by atoms with Crippen LogP contribution in [0.3, 0.4) is 0 Å². The molecule has 0 aliphatic heterocycles. The van der Waals surface area contributed by atoms with Gasteiger partial charge in [0.15, 0.2) is 5.58 Å². The molecule has 2 heterocycles. The van der Waals surface area contributed by atoms with Crippen LogP contribution in [0.1, 0.15) is 0 Å². The first kappa shape index (κ1) is 31.7. The third-order valence-corrected chi connectivity index (χ3v) is 11.6. The Balaban J connectivity index is 1.08. The van der Waals surface area contributed by atoms with Crippen molar-refractivity contribution in [2.24, 2.45) is 0 Å². The molecule has 0 bridgehead atoms. The van der Waals surface area contributed by atoms with Gasteiger partial charge in [-0.1, -0.05) is 152 Å². The van der Waals surface area contributed by atoms with Gasteiger partial charge in [0.1, 0.15) is 16.7 Å². The van der Waals surface area contributed by atoms with E-state index in [1.54, 1.807) is 0 Å². The lowest BCUT2D eigenvalue weighted by molar-refractivity contribution is 0.669. The first-order valence-electron chi connectivity index (χ1n) is 19.4. The molecule has 0 fully saturated rings. The van der Waals surface area contributed by atoms with Gasteiger partial charge in [-0.25, -0.2) is 0 Å². The number of anilines is 3. The lowest BCUT2D eigenvalue weighted by Gasteiger charge is -2.28. The summed E-state index contributed by atoms with van der Waals surface area (Å²) in [5, 5.41) is 11.8. The fourth-order valence-corrected chi connectivity index (χ4v) is 9.03. The van der Waals surface area contributed by atoms with Crippen molar-refractivity contribution in [3.8, 4) is 22.3 Å². The van der Waals surface area contributed by atoms with E-state index < -0.39 is 0 Å². The molecule has 12 rings (SSSR count). The van der Waals surface area contributed by atoms with Gasteiger partial charge in [0.05, 0.1) is 11.4 Å². The smallest absolute Gasteiger partial charge is 0.159 e. The van der Waals surface area contributed by atoms with Gasteiger partial charge >= 0.3 is 0 Å². The van der Waals surface area contributed by atoms with Crippen LogP contribution in [0.15, 0.2) is 209 Å². The van der Waals surface area contributed by atoms with E-state index in [1.807, 2.05) is 12.1 Å². The van der Waals surface area contributed by atoms with Crippen LogP contribution in [0.2, 0.25) is 0 Å². The Bertz CT molecular complexity index is 3530. The molecule has 0 unspecified atom stereocenters. The monoisotopic (exact) mass is 727 g/mol. The average molecular weight is 728 g/mol. The minimum atomic E-state index is 0.844. The Morgan fingerprint density at radius 1 is 0.316 bits per heavy atom. The Morgan fingerprint density at radius 2 is 0.947 bits per heavy atom. The molecule has 266 valence electrons. The predicted molar refractivity (Wildman–Crippen MR) is 239 cm³/mol. The Labute approximate surface area is 328 Å². The van der Waals surface area contributed by atoms with Crippen molar-refractivity contribution in [3.05, 3.63) is 200 Å². The highest BCUT2D eigenvalue weighted by atomic mass is 16.3. The van der Waals surface area contributed by atoms with E-state index in [-0.39, 0.29) is 0 Å². The quantitative estimate of drug-likeness (QED) is 0.165. The van der Waals surface area contributed by atoms with Gasteiger partial charge in [-0.3, -0.25) is 0 Å². The molecule has 0 N–H and O–H groups in total. The number of fused-ring (bicyclic) bond motifs is 10. The van der Waals surface area contributed by atoms with E-state index in [2.05, 4.69) is 193 Å². The molecule has 2 aromatic heterocycles. The highest BCUT2D eigenvalue weighted by molar-refractivity contribution is 6.18. The third-order valence-electron chi connectivity index (χ3n) is 11.6. The molecule has 12 aromatic rings. The number of benzene rings is 10. The van der Waals surface area contributed by atoms with Crippen LogP contribution in [0.4, 0.5) is 17.1 Å². The van der Waals surface area contributed by atoms with Crippen LogP contribution in [0.5, 0.6) is 0 Å². The molecule has 0 saturated carbocycles. The van der Waals surface area contributed by atoms with Crippen LogP contribution in [0, 0.1) is 0 Å². The van der Waals surface area contributed by atoms with Crippen LogP contribution < -0.4 is 4.90 Å². The Morgan fingerprint density at radius 3 is 1.84 bits per heavy atom. The molecular formula is C54H33NO2. The van der Waals surface area contributed by atoms with E-state index in [0.717, 1.165) is 83.0 Å². The average Bonchev–Trinajstić information content (AvgIpc) is 3.84. The van der Waals surface area contributed by atoms with E-state index in [4.69, 9.17) is 8.83 Å². The second-order valence-corrected chi connectivity index (χ2v) is 14.8. The molecule has 3 heteroatoms. The van der Waals surface area contributed by atoms with Gasteiger partial charge in [0.25, 0.3) is 0 Å². The normalized spacial score (nSPS) is 11.9. The number of nitrogens with zero attached hydrogens (tertiary/aromatic N) is 1. The van der Waals surface area contributed by atoms with Crippen molar-refractivity contribution < 1.29 is 8.83 Å². The summed E-state index contributed by atoms with van der Waals surface area (Å²) in [5.41, 5.74) is 11.1. The second kappa shape index (κ2) is 12.5. The van der Waals surface area contributed by atoms with Crippen molar-refractivity contribution in [2.75, 3.05) is 4.90 Å². The molecule has 3 nitrogen and oxygen atoms in total. The molecule has 0 amide bonds. The van der Waals surface area contributed by atoms with Gasteiger partial charge in [-0.05, 0) is 97.5 Å². The largest absolute Gasteiger partial charge is 0.456 e. The van der Waals surface area contributed by atoms with Gasteiger partial charge in [0, 0.05) is 32.8 Å². The van der Waals surface area contributed by atoms with Gasteiger partial charge in [-0.15, -0.1) is 0 Å². The number of furan rings is 2. The maximum absolute atomic E-state index is 6.73. The molecule has 0 saturated heterocycles. The van der Waals surface area contributed by atoms with Gasteiger partial charge in [0.2, 0.25) is 0 Å². The second-order valence-electron chi connectivity index (χ2n) is 14.8. The van der Waals surface area contributed by atoms with Crippen molar-refractivity contribution in [3.63, 3.8) is 0 Å². The Kier molecular flexibility index (Phi) is 6.93. The first-order valence-corrected chi connectivity index (χ1v) is 19.4. The molecule has 0 aliphatic rings. The van der Waals surface area contributed by atoms with E-state index in [1.165, 1.54) is 32.5 Å². The molecular weight excluding hydrogens is 695 g/mol. The number of hydrogen-bond acceptors (Lipinski definition) is 3. The summed E-state index contributed by atoms with van der Waals surface area (Å²) in [4.78, 5) is 2.36. The summed E-state index contributed by atoms with van der Waals surface area (Å²) in [6.07, 6.45) is 0. The summed E-state index contributed by atoms with van der Waals surface area (Å²) >= 11 is 0. The third kappa shape index (κ3) is 4.92. The fraction of sp³-hybridized carbons (Fsp3) is 0. The van der Waals surface area contributed by atoms with Crippen LogP contribution in [-0.4, -0.2) is 0 Å². The summed E-state index contributed by atoms with van der Waals surface area (Å²) in [5.74, 6) is 0. The minimum absolute atomic E-state index is 0.844. The molecule has 57 heavy (non-hydrogen) atoms. The summed E-state index contributed by atoms with van der Waals surface area (Å²) in [6, 6.07) is 71.5. The van der Waals surface area contributed by atoms with Gasteiger partial charge < -0.3 is 13.7 Å². The van der Waals surface area contributed by atoms with E-state index in [9.17, 15) is 0 Å². The SMILES string of the molecule is c1ccc(N(c2ccc(-c3cccc4c3ccc3ccccc34)cc2)c2cccc3c2oc2ccccc23)c(-c2cccc3oc4cc5ccccc5cc4c23)c1. The van der Waals surface area contributed by atoms with Crippen molar-refractivity contribution in [1.82, 2.24) is 0 Å². The summed E-state index contributed by atoms with van der Waals surface area (Å²) in [6.45, 7) is 0. The standard InChI is InChI=1S/C54H33NO2/c1-2-14-37-33-52-47(32-36(37)13-1)53-45(20-11-25-51(53)56-52)43-16-5-7-22-48(43)55(49-23-10-21-46-44-17-6-8-24-50(44)57-54(46)49)38-29-26-35(27-30-38)40-18-9-19-41-39-15-4-3-12-34(39)28-31-42(40)41/h1-33H. The zero-order valence-electron chi connectivity index (χ0n) is 30.8. The van der Waals surface area contributed by atoms with Crippen molar-refractivity contribution >= 4 is 93.3 Å². The van der Waals surface area contributed by atoms with Gasteiger partial charge in [-0.2, -0.15) is 0 Å². The zero-order chi connectivity index (χ0) is 37.5. The topological polar surface area (TPSA) is 29.5 Å². The van der Waals surface area contributed by atoms with E-state index >= 15 is 0 Å². The predicted octanol–water partition coefficient (Wildman–Crippen LogP) is 15.7. The highest BCUT2D eigenvalue weighted by Gasteiger charge is 2.24. The fourth-order valence-electron chi connectivity index (χ4n) is 9.03. The van der Waals surface area contributed by atoms with Crippen molar-refractivity contribution in [1.29, 1.82) is 0 Å². The van der Waals surface area contributed by atoms with E-state index in [0.29, 0.717) is 0 Å². The number of rotatable bonds is 5. The van der Waals surface area contributed by atoms with Crippen LogP contribution in [-0.2, 0) is 0 Å². The maximum Gasteiger partial charge on any atom is 0.159 e. The summed E-state index contributed by atoms with van der Waals surface area (Å²) in [7, 11) is 0. The Hall–Kier alpha value is -7.62. The highest BCUT2D eigenvalue weighted by Crippen LogP contribution is 2.48. The number of para-hydroxylation sites is 3.